The molecule has 1 heterocycles. The van der Waals surface area contributed by atoms with Gasteiger partial charge in [-0.2, -0.15) is 4.98 Å². The van der Waals surface area contributed by atoms with Crippen molar-refractivity contribution in [3.8, 4) is 0 Å². The number of aromatic nitrogens is 2. The zero-order valence-corrected chi connectivity index (χ0v) is 8.15. The zero-order valence-electron chi connectivity index (χ0n) is 8.15. The zero-order chi connectivity index (χ0) is 10.6. The van der Waals surface area contributed by atoms with E-state index in [-0.39, 0.29) is 11.9 Å². The molecule has 0 aromatic carbocycles. The summed E-state index contributed by atoms with van der Waals surface area (Å²) in [7, 11) is 0. The van der Waals surface area contributed by atoms with Crippen molar-refractivity contribution in [2.45, 2.75) is 26.3 Å². The third-order valence-electron chi connectivity index (χ3n) is 1.69. The van der Waals surface area contributed by atoms with E-state index in [1.54, 1.807) is 0 Å². The molecule has 0 spiro atoms. The van der Waals surface area contributed by atoms with Crippen LogP contribution in [0.2, 0.25) is 0 Å². The fourth-order valence-corrected chi connectivity index (χ4v) is 1.11. The Morgan fingerprint density at radius 3 is 2.93 bits per heavy atom. The van der Waals surface area contributed by atoms with Crippen molar-refractivity contribution in [1.29, 1.82) is 0 Å². The van der Waals surface area contributed by atoms with Gasteiger partial charge in [0.15, 0.2) is 0 Å². The Morgan fingerprint density at radius 1 is 1.71 bits per heavy atom. The maximum Gasteiger partial charge on any atom is 0.377 e. The second-order valence-corrected chi connectivity index (χ2v) is 2.98. The van der Waals surface area contributed by atoms with Crippen molar-refractivity contribution in [3.05, 3.63) is 11.7 Å². The first-order chi connectivity index (χ1) is 6.63. The normalized spacial score (nSPS) is 12.7. The molecule has 0 aliphatic heterocycles. The van der Waals surface area contributed by atoms with E-state index in [1.165, 1.54) is 0 Å². The molecule has 1 atom stereocenters. The molecule has 1 aromatic heterocycles. The van der Waals surface area contributed by atoms with Crippen LogP contribution in [0.4, 0.5) is 0 Å². The van der Waals surface area contributed by atoms with Crippen molar-refractivity contribution in [1.82, 2.24) is 15.5 Å². The second kappa shape index (κ2) is 4.71. The van der Waals surface area contributed by atoms with E-state index in [1.807, 2.05) is 13.8 Å². The molecule has 6 heteroatoms. The molecule has 78 valence electrons. The Kier molecular flexibility index (Phi) is 3.58. The monoisotopic (exact) mass is 199 g/mol. The molecule has 6 nitrogen and oxygen atoms in total. The molecule has 2 N–H and O–H groups in total. The van der Waals surface area contributed by atoms with Gasteiger partial charge in [0.2, 0.25) is 5.89 Å². The molecular weight excluding hydrogens is 186 g/mol. The van der Waals surface area contributed by atoms with Crippen LogP contribution in [0.25, 0.3) is 0 Å². The minimum absolute atomic E-state index is 0.196. The predicted molar refractivity (Wildman–Crippen MR) is 48.1 cm³/mol. The van der Waals surface area contributed by atoms with Gasteiger partial charge in [0.25, 0.3) is 5.82 Å². The highest BCUT2D eigenvalue weighted by Crippen LogP contribution is 2.01. The van der Waals surface area contributed by atoms with Gasteiger partial charge in [0.1, 0.15) is 0 Å². The largest absolute Gasteiger partial charge is 0.475 e. The molecule has 0 amide bonds. The van der Waals surface area contributed by atoms with Crippen LogP contribution >= 0.6 is 0 Å². The predicted octanol–water partition coefficient (Wildman–Crippen LogP) is 0.308. The van der Waals surface area contributed by atoms with Gasteiger partial charge >= 0.3 is 5.97 Å². The van der Waals surface area contributed by atoms with Gasteiger partial charge in [-0.1, -0.05) is 6.92 Å². The molecular formula is C8H13N3O3. The van der Waals surface area contributed by atoms with E-state index in [4.69, 9.17) is 9.63 Å². The first kappa shape index (κ1) is 10.6. The van der Waals surface area contributed by atoms with Crippen LogP contribution in [0.5, 0.6) is 0 Å². The third-order valence-corrected chi connectivity index (χ3v) is 1.69. The Bertz CT molecular complexity index is 311. The highest BCUT2D eigenvalue weighted by molar-refractivity contribution is 5.82. The summed E-state index contributed by atoms with van der Waals surface area (Å²) in [5.74, 6) is -1.12. The van der Waals surface area contributed by atoms with E-state index in [9.17, 15) is 4.79 Å². The third kappa shape index (κ3) is 2.81. The van der Waals surface area contributed by atoms with Gasteiger partial charge in [-0.05, 0) is 18.6 Å². The Hall–Kier alpha value is -1.43. The van der Waals surface area contributed by atoms with E-state index < -0.39 is 5.97 Å². The fourth-order valence-electron chi connectivity index (χ4n) is 1.11. The highest BCUT2D eigenvalue weighted by Gasteiger charge is 2.14. The van der Waals surface area contributed by atoms with Crippen molar-refractivity contribution in [3.63, 3.8) is 0 Å². The maximum absolute atomic E-state index is 10.4. The van der Waals surface area contributed by atoms with E-state index in [2.05, 4.69) is 15.5 Å². The summed E-state index contributed by atoms with van der Waals surface area (Å²) in [5.41, 5.74) is 0. The Labute approximate surface area is 81.3 Å². The summed E-state index contributed by atoms with van der Waals surface area (Å²) in [5, 5.41) is 15.0. The van der Waals surface area contributed by atoms with Crippen LogP contribution in [0.15, 0.2) is 4.52 Å². The van der Waals surface area contributed by atoms with Crippen LogP contribution in [-0.4, -0.2) is 33.8 Å². The molecule has 0 fully saturated rings. The summed E-state index contributed by atoms with van der Waals surface area (Å²) in [6, 6.07) is 0.196. The quantitative estimate of drug-likeness (QED) is 0.709. The average molecular weight is 199 g/mol. The molecule has 0 saturated carbocycles. The molecule has 1 unspecified atom stereocenters. The van der Waals surface area contributed by atoms with Crippen LogP contribution in [-0.2, 0) is 6.42 Å². The lowest BCUT2D eigenvalue weighted by atomic mass is 10.2. The average Bonchev–Trinajstić information content (AvgIpc) is 2.53. The number of carbonyl (C=O) groups is 1. The van der Waals surface area contributed by atoms with Gasteiger partial charge in [0, 0.05) is 12.5 Å². The maximum atomic E-state index is 10.4. The molecule has 0 aliphatic carbocycles. The second-order valence-electron chi connectivity index (χ2n) is 2.98. The number of aromatic carboxylic acids is 1. The van der Waals surface area contributed by atoms with Gasteiger partial charge in [-0.15, -0.1) is 0 Å². The summed E-state index contributed by atoms with van der Waals surface area (Å²) >= 11 is 0. The number of nitrogens with one attached hydrogen (secondary N) is 1. The number of rotatable bonds is 5. The van der Waals surface area contributed by atoms with Gasteiger partial charge in [0.05, 0.1) is 0 Å². The summed E-state index contributed by atoms with van der Waals surface area (Å²) in [6.45, 7) is 4.81. The fraction of sp³-hybridized carbons (Fsp3) is 0.625. The van der Waals surface area contributed by atoms with Crippen LogP contribution < -0.4 is 5.32 Å². The van der Waals surface area contributed by atoms with Crippen LogP contribution in [0.3, 0.4) is 0 Å². The number of likely N-dealkylation sites (N-methyl/N-ethyl adjacent to an activating group) is 1. The van der Waals surface area contributed by atoms with E-state index >= 15 is 0 Å². The van der Waals surface area contributed by atoms with Gasteiger partial charge in [-0.3, -0.25) is 0 Å². The molecule has 0 saturated heterocycles. The highest BCUT2D eigenvalue weighted by atomic mass is 16.5. The lowest BCUT2D eigenvalue weighted by Gasteiger charge is -2.07. The number of carboxylic acids is 1. The minimum atomic E-state index is -1.17. The van der Waals surface area contributed by atoms with Crippen molar-refractivity contribution < 1.29 is 14.4 Å². The van der Waals surface area contributed by atoms with Crippen molar-refractivity contribution >= 4 is 5.97 Å². The SMILES string of the molecule is CCNC(C)Cc1nc(C(=O)O)no1. The summed E-state index contributed by atoms with van der Waals surface area (Å²) < 4.78 is 4.76. The molecule has 1 rings (SSSR count). The standard InChI is InChI=1S/C8H13N3O3/c1-3-9-5(2)4-6-10-7(8(12)13)11-14-6/h5,9H,3-4H2,1-2H3,(H,12,13). The smallest absolute Gasteiger partial charge is 0.377 e. The Morgan fingerprint density at radius 2 is 2.43 bits per heavy atom. The van der Waals surface area contributed by atoms with Crippen molar-refractivity contribution in [2.75, 3.05) is 6.54 Å². The lowest BCUT2D eigenvalue weighted by Crippen LogP contribution is -2.27. The molecule has 0 bridgehead atoms. The molecule has 0 aliphatic rings. The number of carboxylic acid groups (broad SMARTS) is 1. The molecule has 0 radical (unpaired) electrons. The molecule has 1 aromatic rings. The molecule has 14 heavy (non-hydrogen) atoms. The van der Waals surface area contributed by atoms with E-state index in [0.717, 1.165) is 6.54 Å². The summed E-state index contributed by atoms with van der Waals surface area (Å²) in [6.07, 6.45) is 0.536. The topological polar surface area (TPSA) is 88.2 Å². The number of nitrogens with zero attached hydrogens (tertiary/aromatic N) is 2. The van der Waals surface area contributed by atoms with Crippen molar-refractivity contribution in [2.24, 2.45) is 0 Å². The minimum Gasteiger partial charge on any atom is -0.475 e. The van der Waals surface area contributed by atoms with Crippen LogP contribution in [0, 0.1) is 0 Å². The number of hydrogen-bond donors (Lipinski definition) is 2. The first-order valence-corrected chi connectivity index (χ1v) is 4.42. The van der Waals surface area contributed by atoms with Gasteiger partial charge in [-0.25, -0.2) is 4.79 Å². The lowest BCUT2D eigenvalue weighted by molar-refractivity contribution is 0.0680. The van der Waals surface area contributed by atoms with Crippen LogP contribution in [0.1, 0.15) is 30.4 Å². The summed E-state index contributed by atoms with van der Waals surface area (Å²) in [4.78, 5) is 14.1. The van der Waals surface area contributed by atoms with Gasteiger partial charge < -0.3 is 14.9 Å². The Balaban J connectivity index is 2.55. The van der Waals surface area contributed by atoms with E-state index in [0.29, 0.717) is 12.3 Å². The number of hydrogen-bond acceptors (Lipinski definition) is 5. The first-order valence-electron chi connectivity index (χ1n) is 4.42.